The average Bonchev–Trinajstić information content (AvgIpc) is 3.27. The lowest BCUT2D eigenvalue weighted by molar-refractivity contribution is -0.116. The number of carbonyl (C=O) groups is 1. The summed E-state index contributed by atoms with van der Waals surface area (Å²) in [5.41, 5.74) is 0. The van der Waals surface area contributed by atoms with Gasteiger partial charge in [-0.3, -0.25) is 9.48 Å². The Hall–Kier alpha value is -2.60. The number of amides is 1. The van der Waals surface area contributed by atoms with Gasteiger partial charge in [-0.1, -0.05) is 6.07 Å². The Morgan fingerprint density at radius 1 is 1.41 bits per heavy atom. The molecule has 1 atom stereocenters. The van der Waals surface area contributed by atoms with Crippen molar-refractivity contribution in [2.24, 2.45) is 0 Å². The smallest absolute Gasteiger partial charge is 0.244 e. The van der Waals surface area contributed by atoms with Crippen molar-refractivity contribution in [3.63, 3.8) is 0 Å². The van der Waals surface area contributed by atoms with Crippen molar-refractivity contribution in [2.45, 2.75) is 6.04 Å². The topological polar surface area (TPSA) is 60.1 Å². The van der Waals surface area contributed by atoms with Gasteiger partial charge in [0, 0.05) is 29.9 Å². The van der Waals surface area contributed by atoms with E-state index in [9.17, 15) is 4.79 Å². The van der Waals surface area contributed by atoms with Crippen LogP contribution >= 0.6 is 11.3 Å². The molecule has 3 aromatic rings. The van der Waals surface area contributed by atoms with E-state index in [-0.39, 0.29) is 11.9 Å². The fraction of sp³-hybridized carbons (Fsp3) is 0.125. The summed E-state index contributed by atoms with van der Waals surface area (Å²) in [5, 5.41) is 9.19. The van der Waals surface area contributed by atoms with Crippen molar-refractivity contribution in [3.05, 3.63) is 71.1 Å². The standard InChI is InChI=1S/C16H15N3O2S/c20-16(7-6-13-4-1-10-21-13)17-12-14(15-5-2-11-22-15)19-9-3-8-18-19/h1-11,14H,12H2,(H,17,20)/b7-6+/t14-/m1/s1. The largest absolute Gasteiger partial charge is 0.465 e. The Labute approximate surface area is 131 Å². The molecular formula is C16H15N3O2S. The van der Waals surface area contributed by atoms with E-state index in [1.165, 1.54) is 6.08 Å². The van der Waals surface area contributed by atoms with Gasteiger partial charge in [-0.25, -0.2) is 0 Å². The second kappa shape index (κ2) is 6.91. The van der Waals surface area contributed by atoms with Crippen molar-refractivity contribution >= 4 is 23.3 Å². The Kier molecular flexibility index (Phi) is 4.50. The maximum Gasteiger partial charge on any atom is 0.244 e. The highest BCUT2D eigenvalue weighted by atomic mass is 32.1. The number of rotatable bonds is 6. The van der Waals surface area contributed by atoms with Crippen LogP contribution < -0.4 is 5.32 Å². The molecule has 112 valence electrons. The predicted octanol–water partition coefficient (Wildman–Crippen LogP) is 2.96. The van der Waals surface area contributed by atoms with Crippen molar-refractivity contribution in [3.8, 4) is 0 Å². The highest BCUT2D eigenvalue weighted by Crippen LogP contribution is 2.21. The number of thiophene rings is 1. The minimum atomic E-state index is -0.162. The number of hydrogen-bond acceptors (Lipinski definition) is 4. The molecule has 3 rings (SSSR count). The summed E-state index contributed by atoms with van der Waals surface area (Å²) in [5.74, 6) is 0.488. The van der Waals surface area contributed by atoms with Gasteiger partial charge in [0.05, 0.1) is 6.26 Å². The molecule has 6 heteroatoms. The summed E-state index contributed by atoms with van der Waals surface area (Å²) < 4.78 is 7.00. The number of nitrogens with zero attached hydrogens (tertiary/aromatic N) is 2. The minimum Gasteiger partial charge on any atom is -0.465 e. The lowest BCUT2D eigenvalue weighted by atomic mass is 10.2. The van der Waals surface area contributed by atoms with E-state index >= 15 is 0 Å². The molecular weight excluding hydrogens is 298 g/mol. The first-order valence-electron chi connectivity index (χ1n) is 6.85. The van der Waals surface area contributed by atoms with E-state index in [1.807, 2.05) is 34.5 Å². The van der Waals surface area contributed by atoms with Crippen LogP contribution in [0.3, 0.4) is 0 Å². The number of nitrogens with one attached hydrogen (secondary N) is 1. The molecule has 0 saturated carbocycles. The first-order valence-corrected chi connectivity index (χ1v) is 7.73. The summed E-state index contributed by atoms with van der Waals surface area (Å²) >= 11 is 1.65. The van der Waals surface area contributed by atoms with Crippen LogP contribution in [0.1, 0.15) is 16.7 Å². The zero-order valence-corrected chi connectivity index (χ0v) is 12.6. The van der Waals surface area contributed by atoms with Gasteiger partial charge in [-0.05, 0) is 35.7 Å². The van der Waals surface area contributed by atoms with Crippen LogP contribution in [0.15, 0.2) is 64.9 Å². The zero-order chi connectivity index (χ0) is 15.2. The molecule has 1 amide bonds. The van der Waals surface area contributed by atoms with Crippen molar-refractivity contribution in [2.75, 3.05) is 6.54 Å². The van der Waals surface area contributed by atoms with Gasteiger partial charge in [0.15, 0.2) is 0 Å². The van der Waals surface area contributed by atoms with Crippen LogP contribution in [-0.2, 0) is 4.79 Å². The van der Waals surface area contributed by atoms with E-state index in [1.54, 1.807) is 42.0 Å². The summed E-state index contributed by atoms with van der Waals surface area (Å²) in [6.07, 6.45) is 8.31. The van der Waals surface area contributed by atoms with E-state index in [0.717, 1.165) is 4.88 Å². The quantitative estimate of drug-likeness (QED) is 0.712. The molecule has 0 aliphatic rings. The molecule has 3 heterocycles. The van der Waals surface area contributed by atoms with E-state index in [0.29, 0.717) is 12.3 Å². The van der Waals surface area contributed by atoms with Crippen LogP contribution in [0.25, 0.3) is 6.08 Å². The Balaban J connectivity index is 1.63. The third kappa shape index (κ3) is 3.53. The lowest BCUT2D eigenvalue weighted by Gasteiger charge is -2.16. The Bertz CT molecular complexity index is 681. The fourth-order valence-corrected chi connectivity index (χ4v) is 2.89. The van der Waals surface area contributed by atoms with Gasteiger partial charge in [0.1, 0.15) is 11.8 Å². The van der Waals surface area contributed by atoms with Crippen LogP contribution in [-0.4, -0.2) is 22.2 Å². The van der Waals surface area contributed by atoms with Gasteiger partial charge in [0.2, 0.25) is 5.91 Å². The predicted molar refractivity (Wildman–Crippen MR) is 85.4 cm³/mol. The second-order valence-electron chi connectivity index (χ2n) is 4.61. The molecule has 0 unspecified atom stereocenters. The molecule has 5 nitrogen and oxygen atoms in total. The average molecular weight is 313 g/mol. The van der Waals surface area contributed by atoms with Crippen molar-refractivity contribution in [1.29, 1.82) is 0 Å². The molecule has 0 aliphatic carbocycles. The summed E-state index contributed by atoms with van der Waals surface area (Å²) in [6, 6.07) is 9.48. The molecule has 0 spiro atoms. The highest BCUT2D eigenvalue weighted by molar-refractivity contribution is 7.10. The van der Waals surface area contributed by atoms with Crippen LogP contribution in [0.4, 0.5) is 0 Å². The Morgan fingerprint density at radius 2 is 2.36 bits per heavy atom. The zero-order valence-electron chi connectivity index (χ0n) is 11.8. The van der Waals surface area contributed by atoms with E-state index in [4.69, 9.17) is 4.42 Å². The van der Waals surface area contributed by atoms with Crippen molar-refractivity contribution in [1.82, 2.24) is 15.1 Å². The number of hydrogen-bond donors (Lipinski definition) is 1. The molecule has 0 bridgehead atoms. The first-order chi connectivity index (χ1) is 10.8. The number of carbonyl (C=O) groups excluding carboxylic acids is 1. The monoisotopic (exact) mass is 313 g/mol. The van der Waals surface area contributed by atoms with Gasteiger partial charge < -0.3 is 9.73 Å². The summed E-state index contributed by atoms with van der Waals surface area (Å²) in [7, 11) is 0. The van der Waals surface area contributed by atoms with Crippen LogP contribution in [0, 0.1) is 0 Å². The van der Waals surface area contributed by atoms with Gasteiger partial charge in [-0.2, -0.15) is 5.10 Å². The SMILES string of the molecule is O=C(/C=C/c1ccco1)NC[C@H](c1cccs1)n1cccn1. The fourth-order valence-electron chi connectivity index (χ4n) is 2.07. The third-order valence-electron chi connectivity index (χ3n) is 3.13. The van der Waals surface area contributed by atoms with E-state index in [2.05, 4.69) is 10.4 Å². The Morgan fingerprint density at radius 3 is 3.05 bits per heavy atom. The molecule has 1 N–H and O–H groups in total. The van der Waals surface area contributed by atoms with E-state index < -0.39 is 0 Å². The van der Waals surface area contributed by atoms with Gasteiger partial charge in [-0.15, -0.1) is 11.3 Å². The molecule has 0 aliphatic heterocycles. The van der Waals surface area contributed by atoms with Gasteiger partial charge in [0.25, 0.3) is 0 Å². The molecule has 0 saturated heterocycles. The van der Waals surface area contributed by atoms with Crippen molar-refractivity contribution < 1.29 is 9.21 Å². The van der Waals surface area contributed by atoms with Crippen LogP contribution in [0.5, 0.6) is 0 Å². The second-order valence-corrected chi connectivity index (χ2v) is 5.59. The normalized spacial score (nSPS) is 12.5. The summed E-state index contributed by atoms with van der Waals surface area (Å²) in [4.78, 5) is 13.1. The number of aromatic nitrogens is 2. The van der Waals surface area contributed by atoms with Gasteiger partial charge >= 0.3 is 0 Å². The van der Waals surface area contributed by atoms with Crippen LogP contribution in [0.2, 0.25) is 0 Å². The molecule has 0 radical (unpaired) electrons. The highest BCUT2D eigenvalue weighted by Gasteiger charge is 2.15. The molecule has 3 aromatic heterocycles. The maximum absolute atomic E-state index is 11.9. The third-order valence-corrected chi connectivity index (χ3v) is 4.10. The first kappa shape index (κ1) is 14.3. The maximum atomic E-state index is 11.9. The lowest BCUT2D eigenvalue weighted by Crippen LogP contribution is -2.30. The summed E-state index contributed by atoms with van der Waals surface area (Å²) in [6.45, 7) is 0.476. The number of furan rings is 1. The minimum absolute atomic E-state index is 0.00374. The molecule has 0 aromatic carbocycles. The molecule has 22 heavy (non-hydrogen) atoms. The molecule has 0 fully saturated rings.